The third-order valence-corrected chi connectivity index (χ3v) is 4.93. The first kappa shape index (κ1) is 19.3. The fraction of sp³-hybridized carbons (Fsp3) is 0.550. The van der Waals surface area contributed by atoms with Crippen molar-refractivity contribution in [1.29, 1.82) is 0 Å². The SMILES string of the molecule is CCCCCC(Cl)C[n+]1ccn(CCCCc2ccc(Cl)cc2)c1. The summed E-state index contributed by atoms with van der Waals surface area (Å²) in [4.78, 5) is 0. The van der Waals surface area contributed by atoms with E-state index in [4.69, 9.17) is 23.2 Å². The molecule has 0 saturated carbocycles. The number of unbranched alkanes of at least 4 members (excludes halogenated alkanes) is 3. The molecule has 2 rings (SSSR count). The minimum atomic E-state index is 0.238. The van der Waals surface area contributed by atoms with Crippen molar-refractivity contribution >= 4 is 23.2 Å². The topological polar surface area (TPSA) is 8.81 Å². The van der Waals surface area contributed by atoms with Crippen molar-refractivity contribution < 1.29 is 4.57 Å². The average Bonchev–Trinajstić information content (AvgIpc) is 3.01. The van der Waals surface area contributed by atoms with Crippen LogP contribution in [0.15, 0.2) is 43.0 Å². The van der Waals surface area contributed by atoms with Crippen LogP contribution in [-0.2, 0) is 19.5 Å². The molecule has 4 heteroatoms. The standard InChI is InChI=1S/C20H29Cl2N2/c1-2-3-4-8-20(22)16-24-15-14-23(17-24)13-6-5-7-18-9-11-19(21)12-10-18/h9-12,14-15,17,20H,2-8,13,16H2,1H3/q+1. The number of aryl methyl sites for hydroxylation is 2. The van der Waals surface area contributed by atoms with Gasteiger partial charge in [-0.25, -0.2) is 9.13 Å². The monoisotopic (exact) mass is 367 g/mol. The van der Waals surface area contributed by atoms with Gasteiger partial charge in [0.05, 0.1) is 11.9 Å². The van der Waals surface area contributed by atoms with Gasteiger partial charge in [0.1, 0.15) is 18.9 Å². The lowest BCUT2D eigenvalue weighted by Gasteiger charge is -2.05. The number of rotatable bonds is 11. The molecule has 2 aromatic rings. The molecule has 0 N–H and O–H groups in total. The number of hydrogen-bond acceptors (Lipinski definition) is 0. The van der Waals surface area contributed by atoms with Gasteiger partial charge in [0.15, 0.2) is 0 Å². The summed E-state index contributed by atoms with van der Waals surface area (Å²) in [5.74, 6) is 0. The molecule has 0 radical (unpaired) electrons. The van der Waals surface area contributed by atoms with Crippen LogP contribution < -0.4 is 4.57 Å². The van der Waals surface area contributed by atoms with Gasteiger partial charge in [-0.05, 0) is 43.4 Å². The first-order valence-corrected chi connectivity index (χ1v) is 9.92. The molecule has 0 fully saturated rings. The summed E-state index contributed by atoms with van der Waals surface area (Å²) in [6.45, 7) is 4.19. The van der Waals surface area contributed by atoms with E-state index in [0.29, 0.717) is 0 Å². The Morgan fingerprint density at radius 2 is 1.88 bits per heavy atom. The average molecular weight is 368 g/mol. The Morgan fingerprint density at radius 3 is 2.62 bits per heavy atom. The van der Waals surface area contributed by atoms with E-state index >= 15 is 0 Å². The molecular weight excluding hydrogens is 339 g/mol. The third kappa shape index (κ3) is 7.27. The molecule has 24 heavy (non-hydrogen) atoms. The molecule has 0 amide bonds. The molecule has 0 bridgehead atoms. The lowest BCUT2D eigenvalue weighted by atomic mass is 10.1. The molecule has 0 saturated heterocycles. The van der Waals surface area contributed by atoms with Gasteiger partial charge in [-0.3, -0.25) is 0 Å². The summed E-state index contributed by atoms with van der Waals surface area (Å²) < 4.78 is 4.47. The van der Waals surface area contributed by atoms with Crippen LogP contribution in [0.25, 0.3) is 0 Å². The molecule has 0 aliphatic rings. The molecule has 1 aromatic heterocycles. The number of alkyl halides is 1. The van der Waals surface area contributed by atoms with E-state index in [-0.39, 0.29) is 5.38 Å². The van der Waals surface area contributed by atoms with Crippen LogP contribution in [0, 0.1) is 0 Å². The highest BCUT2D eigenvalue weighted by Gasteiger charge is 2.10. The summed E-state index contributed by atoms with van der Waals surface area (Å²) in [5.41, 5.74) is 1.36. The molecule has 0 aliphatic heterocycles. The number of nitrogens with zero attached hydrogens (tertiary/aromatic N) is 2. The van der Waals surface area contributed by atoms with Gasteiger partial charge in [-0.2, -0.15) is 0 Å². The van der Waals surface area contributed by atoms with Gasteiger partial charge >= 0.3 is 0 Å². The van der Waals surface area contributed by atoms with Gasteiger partial charge in [-0.15, -0.1) is 11.6 Å². The lowest BCUT2D eigenvalue weighted by Crippen LogP contribution is -2.36. The zero-order valence-corrected chi connectivity index (χ0v) is 16.1. The molecule has 132 valence electrons. The number of aromatic nitrogens is 2. The van der Waals surface area contributed by atoms with Crippen molar-refractivity contribution in [2.45, 2.75) is 70.3 Å². The molecule has 1 heterocycles. The highest BCUT2D eigenvalue weighted by atomic mass is 35.5. The predicted octanol–water partition coefficient (Wildman–Crippen LogP) is 5.64. The molecule has 1 atom stereocenters. The zero-order chi connectivity index (χ0) is 17.2. The second kappa shape index (κ2) is 10.8. The van der Waals surface area contributed by atoms with Crippen molar-refractivity contribution in [1.82, 2.24) is 4.57 Å². The van der Waals surface area contributed by atoms with Gasteiger partial charge in [0, 0.05) is 5.02 Å². The lowest BCUT2D eigenvalue weighted by molar-refractivity contribution is -0.696. The molecule has 1 unspecified atom stereocenters. The van der Waals surface area contributed by atoms with Crippen LogP contribution in [0.5, 0.6) is 0 Å². The fourth-order valence-corrected chi connectivity index (χ4v) is 3.33. The van der Waals surface area contributed by atoms with Crippen molar-refractivity contribution in [2.75, 3.05) is 0 Å². The minimum Gasteiger partial charge on any atom is -0.237 e. The van der Waals surface area contributed by atoms with Crippen molar-refractivity contribution in [2.24, 2.45) is 0 Å². The first-order valence-electron chi connectivity index (χ1n) is 9.10. The maximum atomic E-state index is 6.43. The van der Waals surface area contributed by atoms with E-state index < -0.39 is 0 Å². The van der Waals surface area contributed by atoms with Crippen molar-refractivity contribution in [3.8, 4) is 0 Å². The molecule has 0 aliphatic carbocycles. The summed E-state index contributed by atoms with van der Waals surface area (Å²) in [6, 6.07) is 8.17. The van der Waals surface area contributed by atoms with Crippen LogP contribution in [0.2, 0.25) is 5.02 Å². The van der Waals surface area contributed by atoms with E-state index in [0.717, 1.165) is 31.0 Å². The second-order valence-corrected chi connectivity index (χ2v) is 7.58. The van der Waals surface area contributed by atoms with E-state index in [1.165, 1.54) is 37.7 Å². The maximum Gasteiger partial charge on any atom is 0.243 e. The Kier molecular flexibility index (Phi) is 8.69. The quantitative estimate of drug-likeness (QED) is 0.276. The van der Waals surface area contributed by atoms with E-state index in [1.54, 1.807) is 0 Å². The summed E-state index contributed by atoms with van der Waals surface area (Å²) >= 11 is 12.3. The Hall–Kier alpha value is -0.990. The van der Waals surface area contributed by atoms with E-state index in [9.17, 15) is 0 Å². The Morgan fingerprint density at radius 1 is 1.08 bits per heavy atom. The Balaban J connectivity index is 1.65. The largest absolute Gasteiger partial charge is 0.243 e. The highest BCUT2D eigenvalue weighted by molar-refractivity contribution is 6.30. The summed E-state index contributed by atoms with van der Waals surface area (Å²) in [5, 5.41) is 1.05. The number of halogens is 2. The summed E-state index contributed by atoms with van der Waals surface area (Å²) in [6.07, 6.45) is 14.8. The highest BCUT2D eigenvalue weighted by Crippen LogP contribution is 2.12. The first-order chi connectivity index (χ1) is 11.7. The Bertz CT molecular complexity index is 578. The zero-order valence-electron chi connectivity index (χ0n) is 14.6. The molecule has 1 aromatic carbocycles. The number of imidazole rings is 1. The Labute approximate surface area is 156 Å². The van der Waals surface area contributed by atoms with Crippen molar-refractivity contribution in [3.63, 3.8) is 0 Å². The fourth-order valence-electron chi connectivity index (χ4n) is 2.89. The number of benzene rings is 1. The predicted molar refractivity (Wildman–Crippen MR) is 103 cm³/mol. The minimum absolute atomic E-state index is 0.238. The van der Waals surface area contributed by atoms with Crippen LogP contribution in [0.3, 0.4) is 0 Å². The molecular formula is C20H29Cl2N2+. The van der Waals surface area contributed by atoms with Gasteiger partial charge < -0.3 is 0 Å². The van der Waals surface area contributed by atoms with Crippen molar-refractivity contribution in [3.05, 3.63) is 53.6 Å². The van der Waals surface area contributed by atoms with Gasteiger partial charge in [0.25, 0.3) is 0 Å². The van der Waals surface area contributed by atoms with Gasteiger partial charge in [0.2, 0.25) is 6.33 Å². The normalized spacial score (nSPS) is 12.5. The smallest absolute Gasteiger partial charge is 0.237 e. The maximum absolute atomic E-state index is 6.43. The van der Waals surface area contributed by atoms with E-state index in [1.807, 2.05) is 12.1 Å². The van der Waals surface area contributed by atoms with Crippen LogP contribution in [-0.4, -0.2) is 9.94 Å². The molecule has 0 spiro atoms. The van der Waals surface area contributed by atoms with Crippen LogP contribution in [0.4, 0.5) is 0 Å². The third-order valence-electron chi connectivity index (χ3n) is 4.32. The number of hydrogen-bond donors (Lipinski definition) is 0. The van der Waals surface area contributed by atoms with Crippen LogP contribution >= 0.6 is 23.2 Å². The van der Waals surface area contributed by atoms with E-state index in [2.05, 4.69) is 46.9 Å². The van der Waals surface area contributed by atoms with Crippen LogP contribution in [0.1, 0.15) is 51.0 Å². The molecule has 2 nitrogen and oxygen atoms in total. The van der Waals surface area contributed by atoms with Gasteiger partial charge in [-0.1, -0.05) is 49.9 Å². The second-order valence-electron chi connectivity index (χ2n) is 6.52. The summed E-state index contributed by atoms with van der Waals surface area (Å²) in [7, 11) is 0.